The molecule has 3 aromatic rings. The quantitative estimate of drug-likeness (QED) is 0.718. The topological polar surface area (TPSA) is 84.7 Å². The highest BCUT2D eigenvalue weighted by Gasteiger charge is 2.13. The molecule has 1 aromatic carbocycles. The Kier molecular flexibility index (Phi) is 5.03. The summed E-state index contributed by atoms with van der Waals surface area (Å²) in [4.78, 5) is 20.7. The maximum absolute atomic E-state index is 12.6. The summed E-state index contributed by atoms with van der Waals surface area (Å²) in [5.41, 5.74) is 1.31. The van der Waals surface area contributed by atoms with Gasteiger partial charge in [-0.25, -0.2) is 9.67 Å². The zero-order chi connectivity index (χ0) is 17.6. The van der Waals surface area contributed by atoms with Gasteiger partial charge in [0.1, 0.15) is 11.6 Å². The average Bonchev–Trinajstić information content (AvgIpc) is 3.10. The number of carbonyl (C=O) groups is 1. The molecular weight excluding hydrogens is 316 g/mol. The molecule has 2 heterocycles. The summed E-state index contributed by atoms with van der Waals surface area (Å²) in [5.74, 6) is 1.12. The third kappa shape index (κ3) is 4.00. The second-order valence-corrected chi connectivity index (χ2v) is 5.67. The fraction of sp³-hybridized carbons (Fsp3) is 0.222. The Labute approximate surface area is 146 Å². The van der Waals surface area contributed by atoms with Gasteiger partial charge in [-0.2, -0.15) is 5.10 Å². The maximum atomic E-state index is 12.6. The zero-order valence-electron chi connectivity index (χ0n) is 14.2. The number of rotatable bonds is 6. The van der Waals surface area contributed by atoms with Gasteiger partial charge in [0.15, 0.2) is 0 Å². The van der Waals surface area contributed by atoms with Gasteiger partial charge in [-0.1, -0.05) is 13.0 Å². The Balaban J connectivity index is 1.75. The van der Waals surface area contributed by atoms with Crippen molar-refractivity contribution >= 4 is 23.2 Å². The molecule has 0 aliphatic carbocycles. The Bertz CT molecular complexity index is 846. The minimum absolute atomic E-state index is 0.187. The Morgan fingerprint density at radius 3 is 2.88 bits per heavy atom. The molecule has 1 atom stereocenters. The van der Waals surface area contributed by atoms with E-state index in [9.17, 15) is 4.79 Å². The molecule has 0 spiro atoms. The summed E-state index contributed by atoms with van der Waals surface area (Å²) in [7, 11) is 0. The summed E-state index contributed by atoms with van der Waals surface area (Å²) in [6.45, 7) is 4.15. The van der Waals surface area contributed by atoms with Crippen molar-refractivity contribution in [3.63, 3.8) is 0 Å². The SMILES string of the molecule is CC[C@@H](C)n1nccc1NC(=O)c1cccc(Nc2cnccn2)c1. The summed E-state index contributed by atoms with van der Waals surface area (Å²) >= 11 is 0. The van der Waals surface area contributed by atoms with Crippen LogP contribution >= 0.6 is 0 Å². The summed E-state index contributed by atoms with van der Waals surface area (Å²) < 4.78 is 1.82. The molecule has 0 aliphatic rings. The fourth-order valence-electron chi connectivity index (χ4n) is 2.38. The highest BCUT2D eigenvalue weighted by atomic mass is 16.1. The third-order valence-electron chi connectivity index (χ3n) is 3.88. The molecule has 1 amide bonds. The van der Waals surface area contributed by atoms with Crippen molar-refractivity contribution in [1.82, 2.24) is 19.7 Å². The number of hydrogen-bond acceptors (Lipinski definition) is 5. The van der Waals surface area contributed by atoms with Crippen molar-refractivity contribution < 1.29 is 4.79 Å². The number of nitrogens with one attached hydrogen (secondary N) is 2. The van der Waals surface area contributed by atoms with Crippen LogP contribution in [0.25, 0.3) is 0 Å². The fourth-order valence-corrected chi connectivity index (χ4v) is 2.38. The van der Waals surface area contributed by atoms with Crippen LogP contribution in [-0.4, -0.2) is 25.7 Å². The predicted molar refractivity (Wildman–Crippen MR) is 96.9 cm³/mol. The predicted octanol–water partition coefficient (Wildman–Crippen LogP) is 3.64. The molecule has 0 aliphatic heterocycles. The Hall–Kier alpha value is -3.22. The van der Waals surface area contributed by atoms with Crippen molar-refractivity contribution in [3.05, 3.63) is 60.7 Å². The minimum Gasteiger partial charge on any atom is -0.339 e. The number of aromatic nitrogens is 4. The van der Waals surface area contributed by atoms with Crippen LogP contribution in [0.4, 0.5) is 17.3 Å². The smallest absolute Gasteiger partial charge is 0.256 e. The van der Waals surface area contributed by atoms with Gasteiger partial charge >= 0.3 is 0 Å². The first-order valence-corrected chi connectivity index (χ1v) is 8.15. The first-order chi connectivity index (χ1) is 12.2. The van der Waals surface area contributed by atoms with E-state index in [0.29, 0.717) is 17.2 Å². The maximum Gasteiger partial charge on any atom is 0.256 e. The molecule has 3 rings (SSSR count). The van der Waals surface area contributed by atoms with E-state index in [0.717, 1.165) is 12.1 Å². The van der Waals surface area contributed by atoms with E-state index in [1.165, 1.54) is 0 Å². The molecule has 0 saturated heterocycles. The van der Waals surface area contributed by atoms with Gasteiger partial charge in [0.2, 0.25) is 0 Å². The lowest BCUT2D eigenvalue weighted by molar-refractivity contribution is 0.102. The van der Waals surface area contributed by atoms with Gasteiger partial charge < -0.3 is 10.6 Å². The van der Waals surface area contributed by atoms with E-state index in [1.54, 1.807) is 43.0 Å². The molecule has 128 valence electrons. The van der Waals surface area contributed by atoms with Crippen LogP contribution < -0.4 is 10.6 Å². The number of carbonyl (C=O) groups excluding carboxylic acids is 1. The number of amides is 1. The van der Waals surface area contributed by atoms with E-state index < -0.39 is 0 Å². The molecular formula is C18H20N6O. The lowest BCUT2D eigenvalue weighted by Gasteiger charge is -2.14. The largest absolute Gasteiger partial charge is 0.339 e. The van der Waals surface area contributed by atoms with Crippen LogP contribution in [0.15, 0.2) is 55.1 Å². The van der Waals surface area contributed by atoms with Crippen LogP contribution in [-0.2, 0) is 0 Å². The third-order valence-corrected chi connectivity index (χ3v) is 3.88. The lowest BCUT2D eigenvalue weighted by Crippen LogP contribution is -2.17. The second kappa shape index (κ2) is 7.57. The van der Waals surface area contributed by atoms with Gasteiger partial charge in [-0.15, -0.1) is 0 Å². The molecule has 7 nitrogen and oxygen atoms in total. The standard InChI is InChI=1S/C18H20N6O/c1-3-13(2)24-17(7-8-21-24)23-18(25)14-5-4-6-15(11-14)22-16-12-19-9-10-20-16/h4-13H,3H2,1-2H3,(H,20,22)(H,23,25)/t13-/m1/s1. The van der Waals surface area contributed by atoms with E-state index in [2.05, 4.69) is 39.5 Å². The number of nitrogens with zero attached hydrogens (tertiary/aromatic N) is 4. The van der Waals surface area contributed by atoms with Crippen LogP contribution in [0.5, 0.6) is 0 Å². The first-order valence-electron chi connectivity index (χ1n) is 8.15. The van der Waals surface area contributed by atoms with Crippen LogP contribution in [0.1, 0.15) is 36.7 Å². The molecule has 25 heavy (non-hydrogen) atoms. The highest BCUT2D eigenvalue weighted by molar-refractivity contribution is 6.04. The number of hydrogen-bond donors (Lipinski definition) is 2. The van der Waals surface area contributed by atoms with Crippen LogP contribution in [0, 0.1) is 0 Å². The Morgan fingerprint density at radius 1 is 1.24 bits per heavy atom. The van der Waals surface area contributed by atoms with E-state index >= 15 is 0 Å². The summed E-state index contributed by atoms with van der Waals surface area (Å²) in [6.07, 6.45) is 7.46. The monoisotopic (exact) mass is 336 g/mol. The van der Waals surface area contributed by atoms with Gasteiger partial charge in [0, 0.05) is 29.7 Å². The van der Waals surface area contributed by atoms with Crippen molar-refractivity contribution in [1.29, 1.82) is 0 Å². The Morgan fingerprint density at radius 2 is 2.12 bits per heavy atom. The molecule has 0 saturated carbocycles. The van der Waals surface area contributed by atoms with E-state index in [-0.39, 0.29) is 11.9 Å². The van der Waals surface area contributed by atoms with Crippen LogP contribution in [0.2, 0.25) is 0 Å². The molecule has 2 N–H and O–H groups in total. The molecule has 0 radical (unpaired) electrons. The van der Waals surface area contributed by atoms with E-state index in [4.69, 9.17) is 0 Å². The van der Waals surface area contributed by atoms with Crippen molar-refractivity contribution in [2.45, 2.75) is 26.3 Å². The van der Waals surface area contributed by atoms with E-state index in [1.807, 2.05) is 16.8 Å². The van der Waals surface area contributed by atoms with Crippen molar-refractivity contribution in [2.75, 3.05) is 10.6 Å². The summed E-state index contributed by atoms with van der Waals surface area (Å²) in [5, 5.41) is 10.3. The number of anilines is 3. The second-order valence-electron chi connectivity index (χ2n) is 5.67. The van der Waals surface area contributed by atoms with Gasteiger partial charge in [0.25, 0.3) is 5.91 Å². The van der Waals surface area contributed by atoms with Gasteiger partial charge in [-0.05, 0) is 31.5 Å². The molecule has 7 heteroatoms. The molecule has 2 aromatic heterocycles. The van der Waals surface area contributed by atoms with Crippen molar-refractivity contribution in [2.24, 2.45) is 0 Å². The normalized spacial score (nSPS) is 11.8. The van der Waals surface area contributed by atoms with Crippen LogP contribution in [0.3, 0.4) is 0 Å². The van der Waals surface area contributed by atoms with Gasteiger partial charge in [0.05, 0.1) is 18.4 Å². The highest BCUT2D eigenvalue weighted by Crippen LogP contribution is 2.19. The molecule has 0 bridgehead atoms. The zero-order valence-corrected chi connectivity index (χ0v) is 14.2. The van der Waals surface area contributed by atoms with Crippen molar-refractivity contribution in [3.8, 4) is 0 Å². The minimum atomic E-state index is -0.187. The molecule has 0 unspecified atom stereocenters. The first kappa shape index (κ1) is 16.6. The summed E-state index contributed by atoms with van der Waals surface area (Å²) in [6, 6.07) is 9.24. The van der Waals surface area contributed by atoms with Gasteiger partial charge in [-0.3, -0.25) is 9.78 Å². The molecule has 0 fully saturated rings. The lowest BCUT2D eigenvalue weighted by atomic mass is 10.2. The average molecular weight is 336 g/mol. The number of benzene rings is 1.